The van der Waals surface area contributed by atoms with E-state index in [2.05, 4.69) is 34.5 Å². The highest BCUT2D eigenvalue weighted by molar-refractivity contribution is 5.75. The van der Waals surface area contributed by atoms with E-state index in [4.69, 9.17) is 0 Å². The fourth-order valence-electron chi connectivity index (χ4n) is 3.63. The molecular formula is C17H24N2O. The molecule has 0 amide bonds. The van der Waals surface area contributed by atoms with E-state index in [1.54, 1.807) is 6.92 Å². The molecule has 2 aliphatic heterocycles. The Labute approximate surface area is 121 Å². The van der Waals surface area contributed by atoms with Crippen molar-refractivity contribution >= 4 is 11.5 Å². The van der Waals surface area contributed by atoms with Gasteiger partial charge >= 0.3 is 0 Å². The third-order valence-corrected chi connectivity index (χ3v) is 4.85. The zero-order chi connectivity index (χ0) is 13.9. The molecule has 0 aromatic heterocycles. The molecule has 0 aliphatic carbocycles. The van der Waals surface area contributed by atoms with E-state index in [-0.39, 0.29) is 0 Å². The molecule has 1 saturated heterocycles. The highest BCUT2D eigenvalue weighted by atomic mass is 16.1. The van der Waals surface area contributed by atoms with Crippen molar-refractivity contribution in [2.24, 2.45) is 5.92 Å². The molecule has 3 heteroatoms. The van der Waals surface area contributed by atoms with Gasteiger partial charge in [0.2, 0.25) is 0 Å². The lowest BCUT2D eigenvalue weighted by molar-refractivity contribution is -0.117. The lowest BCUT2D eigenvalue weighted by Crippen LogP contribution is -2.37. The summed E-state index contributed by atoms with van der Waals surface area (Å²) in [5, 5.41) is 3.54. The van der Waals surface area contributed by atoms with Crippen molar-refractivity contribution in [3.05, 3.63) is 29.8 Å². The van der Waals surface area contributed by atoms with E-state index in [1.165, 1.54) is 24.1 Å². The molecule has 1 aromatic carbocycles. The minimum absolute atomic E-state index is 0.307. The summed E-state index contributed by atoms with van der Waals surface area (Å²) in [4.78, 5) is 13.5. The molecule has 1 unspecified atom stereocenters. The van der Waals surface area contributed by atoms with Gasteiger partial charge in [-0.3, -0.25) is 4.79 Å². The summed E-state index contributed by atoms with van der Waals surface area (Å²) in [7, 11) is 0. The van der Waals surface area contributed by atoms with Crippen molar-refractivity contribution in [2.45, 2.75) is 32.1 Å². The minimum atomic E-state index is 0.307. The lowest BCUT2D eigenvalue weighted by atomic mass is 9.81. The van der Waals surface area contributed by atoms with Gasteiger partial charge in [-0.25, -0.2) is 0 Å². The number of piperidine rings is 1. The Bertz CT molecular complexity index is 478. The van der Waals surface area contributed by atoms with Crippen LogP contribution in [0.1, 0.15) is 37.7 Å². The number of hydrogen-bond donors (Lipinski definition) is 1. The lowest BCUT2D eigenvalue weighted by Gasteiger charge is -2.34. The van der Waals surface area contributed by atoms with Gasteiger partial charge in [-0.2, -0.15) is 0 Å². The summed E-state index contributed by atoms with van der Waals surface area (Å²) in [6, 6.07) is 8.73. The number of Topliss-reactive ketones (excluding diaryl/α,β-unsaturated/α-hetero) is 1. The number of anilines is 1. The van der Waals surface area contributed by atoms with Crippen LogP contribution >= 0.6 is 0 Å². The van der Waals surface area contributed by atoms with Crippen LogP contribution in [0.25, 0.3) is 0 Å². The Morgan fingerprint density at radius 2 is 2.05 bits per heavy atom. The summed E-state index contributed by atoms with van der Waals surface area (Å²) in [6.45, 7) is 6.03. The highest BCUT2D eigenvalue weighted by Gasteiger charge is 2.31. The predicted octanol–water partition coefficient (Wildman–Crippen LogP) is 2.89. The molecular weight excluding hydrogens is 248 g/mol. The molecule has 3 rings (SSSR count). The predicted molar refractivity (Wildman–Crippen MR) is 82.1 cm³/mol. The molecule has 2 aliphatic rings. The normalized spacial score (nSPS) is 23.4. The highest BCUT2D eigenvalue weighted by Crippen LogP contribution is 2.40. The van der Waals surface area contributed by atoms with Gasteiger partial charge in [0, 0.05) is 31.1 Å². The Morgan fingerprint density at radius 3 is 2.80 bits per heavy atom. The van der Waals surface area contributed by atoms with Gasteiger partial charge in [0.05, 0.1) is 0 Å². The van der Waals surface area contributed by atoms with E-state index in [9.17, 15) is 4.79 Å². The summed E-state index contributed by atoms with van der Waals surface area (Å²) in [5.74, 6) is 1.78. The number of rotatable bonds is 4. The van der Waals surface area contributed by atoms with Crippen LogP contribution in [0.3, 0.4) is 0 Å². The Balaban J connectivity index is 1.56. The van der Waals surface area contributed by atoms with E-state index in [0.717, 1.165) is 32.1 Å². The van der Waals surface area contributed by atoms with Gasteiger partial charge in [-0.05, 0) is 50.4 Å². The first-order chi connectivity index (χ1) is 9.74. The van der Waals surface area contributed by atoms with Crippen LogP contribution in [-0.2, 0) is 4.79 Å². The molecule has 0 bridgehead atoms. The monoisotopic (exact) mass is 272 g/mol. The molecule has 20 heavy (non-hydrogen) atoms. The zero-order valence-electron chi connectivity index (χ0n) is 12.3. The first kappa shape index (κ1) is 13.6. The van der Waals surface area contributed by atoms with Crippen molar-refractivity contribution < 1.29 is 4.79 Å². The average Bonchev–Trinajstić information content (AvgIpc) is 2.89. The minimum Gasteiger partial charge on any atom is -0.384 e. The fraction of sp³-hybridized carbons (Fsp3) is 0.588. The van der Waals surface area contributed by atoms with Gasteiger partial charge in [0.15, 0.2) is 0 Å². The van der Waals surface area contributed by atoms with Gasteiger partial charge in [0.25, 0.3) is 0 Å². The SMILES string of the molecule is CC(=O)CCN1CCC(C2CNc3ccccc32)CC1. The Morgan fingerprint density at radius 1 is 1.30 bits per heavy atom. The smallest absolute Gasteiger partial charge is 0.131 e. The molecule has 108 valence electrons. The summed E-state index contributed by atoms with van der Waals surface area (Å²) in [5.41, 5.74) is 2.84. The van der Waals surface area contributed by atoms with Crippen LogP contribution in [0.15, 0.2) is 24.3 Å². The zero-order valence-corrected chi connectivity index (χ0v) is 12.3. The number of likely N-dealkylation sites (tertiary alicyclic amines) is 1. The van der Waals surface area contributed by atoms with Gasteiger partial charge < -0.3 is 10.2 Å². The fourth-order valence-corrected chi connectivity index (χ4v) is 3.63. The number of nitrogens with one attached hydrogen (secondary N) is 1. The number of benzene rings is 1. The molecule has 0 saturated carbocycles. The maximum atomic E-state index is 11.1. The van der Waals surface area contributed by atoms with Crippen molar-refractivity contribution in [1.29, 1.82) is 0 Å². The van der Waals surface area contributed by atoms with E-state index in [1.807, 2.05) is 0 Å². The number of ketones is 1. The quantitative estimate of drug-likeness (QED) is 0.914. The average molecular weight is 272 g/mol. The van der Waals surface area contributed by atoms with Crippen molar-refractivity contribution in [1.82, 2.24) is 4.90 Å². The number of fused-ring (bicyclic) bond motifs is 1. The standard InChI is InChI=1S/C17H24N2O/c1-13(20)6-9-19-10-7-14(8-11-19)16-12-18-17-5-3-2-4-15(16)17/h2-5,14,16,18H,6-12H2,1H3. The third-order valence-electron chi connectivity index (χ3n) is 4.85. The second-order valence-corrected chi connectivity index (χ2v) is 6.21. The van der Waals surface area contributed by atoms with E-state index < -0.39 is 0 Å². The molecule has 1 fully saturated rings. The molecule has 2 heterocycles. The first-order valence-electron chi connectivity index (χ1n) is 7.78. The van der Waals surface area contributed by atoms with Gasteiger partial charge in [-0.15, -0.1) is 0 Å². The van der Waals surface area contributed by atoms with Crippen molar-refractivity contribution in [3.63, 3.8) is 0 Å². The van der Waals surface area contributed by atoms with E-state index >= 15 is 0 Å². The van der Waals surface area contributed by atoms with Crippen LogP contribution < -0.4 is 5.32 Å². The molecule has 1 atom stereocenters. The van der Waals surface area contributed by atoms with Crippen molar-refractivity contribution in [2.75, 3.05) is 31.5 Å². The third kappa shape index (κ3) is 2.88. The second kappa shape index (κ2) is 5.96. The van der Waals surface area contributed by atoms with Crippen LogP contribution in [0.4, 0.5) is 5.69 Å². The largest absolute Gasteiger partial charge is 0.384 e. The number of para-hydroxylation sites is 1. The van der Waals surface area contributed by atoms with Crippen LogP contribution in [0, 0.1) is 5.92 Å². The van der Waals surface area contributed by atoms with Crippen LogP contribution in [-0.4, -0.2) is 36.9 Å². The maximum absolute atomic E-state index is 11.1. The van der Waals surface area contributed by atoms with Crippen LogP contribution in [0.5, 0.6) is 0 Å². The van der Waals surface area contributed by atoms with Crippen LogP contribution in [0.2, 0.25) is 0 Å². The number of hydrogen-bond acceptors (Lipinski definition) is 3. The maximum Gasteiger partial charge on any atom is 0.131 e. The topological polar surface area (TPSA) is 32.3 Å². The molecule has 0 radical (unpaired) electrons. The number of carbonyl (C=O) groups excluding carboxylic acids is 1. The van der Waals surface area contributed by atoms with Crippen molar-refractivity contribution in [3.8, 4) is 0 Å². The van der Waals surface area contributed by atoms with Gasteiger partial charge in [-0.1, -0.05) is 18.2 Å². The molecule has 0 spiro atoms. The Hall–Kier alpha value is -1.35. The van der Waals surface area contributed by atoms with Gasteiger partial charge in [0.1, 0.15) is 5.78 Å². The second-order valence-electron chi connectivity index (χ2n) is 6.21. The Kier molecular flexibility index (Phi) is 4.06. The summed E-state index contributed by atoms with van der Waals surface area (Å²) < 4.78 is 0. The number of carbonyl (C=O) groups is 1. The molecule has 1 N–H and O–H groups in total. The molecule has 3 nitrogen and oxygen atoms in total. The number of nitrogens with zero attached hydrogens (tertiary/aromatic N) is 1. The first-order valence-corrected chi connectivity index (χ1v) is 7.78. The molecule has 1 aromatic rings. The van der Waals surface area contributed by atoms with E-state index in [0.29, 0.717) is 18.1 Å². The summed E-state index contributed by atoms with van der Waals surface area (Å²) >= 11 is 0. The summed E-state index contributed by atoms with van der Waals surface area (Å²) in [6.07, 6.45) is 3.23.